The maximum Gasteiger partial charge on any atom is 0.160 e. The number of nitrogens with zero attached hydrogens (tertiary/aromatic N) is 1. The van der Waals surface area contributed by atoms with Crippen molar-refractivity contribution in [1.29, 1.82) is 0 Å². The van der Waals surface area contributed by atoms with E-state index in [1.165, 1.54) is 0 Å². The maximum atomic E-state index is 9.66. The minimum Gasteiger partial charge on any atom is -0.504 e. The van der Waals surface area contributed by atoms with Crippen molar-refractivity contribution < 1.29 is 9.84 Å². The monoisotopic (exact) mass is 223 g/mol. The summed E-state index contributed by atoms with van der Waals surface area (Å²) in [5, 5.41) is 9.66. The molecule has 1 aromatic carbocycles. The SMILES string of the molecule is CCCN(CC)Cc1ccc(OC)c(O)c1. The summed E-state index contributed by atoms with van der Waals surface area (Å²) >= 11 is 0. The van der Waals surface area contributed by atoms with Gasteiger partial charge in [0.25, 0.3) is 0 Å². The van der Waals surface area contributed by atoms with Gasteiger partial charge in [0.1, 0.15) is 0 Å². The van der Waals surface area contributed by atoms with Gasteiger partial charge in [0, 0.05) is 6.54 Å². The molecule has 0 amide bonds. The zero-order valence-corrected chi connectivity index (χ0v) is 10.4. The van der Waals surface area contributed by atoms with Crippen molar-refractivity contribution >= 4 is 0 Å². The number of methoxy groups -OCH3 is 1. The lowest BCUT2D eigenvalue weighted by Gasteiger charge is -2.19. The van der Waals surface area contributed by atoms with E-state index in [4.69, 9.17) is 4.74 Å². The quantitative estimate of drug-likeness (QED) is 0.804. The zero-order chi connectivity index (χ0) is 12.0. The molecule has 0 aliphatic carbocycles. The van der Waals surface area contributed by atoms with Crippen molar-refractivity contribution in [3.05, 3.63) is 23.8 Å². The topological polar surface area (TPSA) is 32.7 Å². The first kappa shape index (κ1) is 12.8. The highest BCUT2D eigenvalue weighted by molar-refractivity contribution is 5.41. The highest BCUT2D eigenvalue weighted by Crippen LogP contribution is 2.26. The fraction of sp³-hybridized carbons (Fsp3) is 0.538. The van der Waals surface area contributed by atoms with E-state index in [0.29, 0.717) is 5.75 Å². The molecule has 0 saturated heterocycles. The molecule has 16 heavy (non-hydrogen) atoms. The van der Waals surface area contributed by atoms with Crippen LogP contribution in [-0.4, -0.2) is 30.2 Å². The third kappa shape index (κ3) is 3.42. The first-order valence-corrected chi connectivity index (χ1v) is 5.79. The van der Waals surface area contributed by atoms with Crippen LogP contribution in [0.1, 0.15) is 25.8 Å². The van der Waals surface area contributed by atoms with Gasteiger partial charge in [0.15, 0.2) is 11.5 Å². The summed E-state index contributed by atoms with van der Waals surface area (Å²) in [7, 11) is 1.56. The predicted molar refractivity (Wildman–Crippen MR) is 65.9 cm³/mol. The molecule has 0 fully saturated rings. The van der Waals surface area contributed by atoms with E-state index < -0.39 is 0 Å². The molecule has 3 nitrogen and oxygen atoms in total. The smallest absolute Gasteiger partial charge is 0.160 e. The van der Waals surface area contributed by atoms with Gasteiger partial charge in [0.05, 0.1) is 7.11 Å². The molecule has 0 saturated carbocycles. The van der Waals surface area contributed by atoms with Crippen molar-refractivity contribution in [3.8, 4) is 11.5 Å². The third-order valence-corrected chi connectivity index (χ3v) is 2.64. The fourth-order valence-corrected chi connectivity index (χ4v) is 1.76. The van der Waals surface area contributed by atoms with Gasteiger partial charge in [0.2, 0.25) is 0 Å². The van der Waals surface area contributed by atoms with Crippen molar-refractivity contribution in [2.45, 2.75) is 26.8 Å². The average Bonchev–Trinajstić information content (AvgIpc) is 2.28. The summed E-state index contributed by atoms with van der Waals surface area (Å²) in [6, 6.07) is 5.58. The van der Waals surface area contributed by atoms with Crippen LogP contribution in [0.5, 0.6) is 11.5 Å². The molecular weight excluding hydrogens is 202 g/mol. The molecule has 0 bridgehead atoms. The van der Waals surface area contributed by atoms with Crippen molar-refractivity contribution in [2.24, 2.45) is 0 Å². The lowest BCUT2D eigenvalue weighted by atomic mass is 10.2. The van der Waals surface area contributed by atoms with Crippen LogP contribution < -0.4 is 4.74 Å². The summed E-state index contributed by atoms with van der Waals surface area (Å²) in [6.07, 6.45) is 1.15. The molecular formula is C13H21NO2. The zero-order valence-electron chi connectivity index (χ0n) is 10.4. The van der Waals surface area contributed by atoms with E-state index in [2.05, 4.69) is 18.7 Å². The van der Waals surface area contributed by atoms with Crippen LogP contribution >= 0.6 is 0 Å². The second kappa shape index (κ2) is 6.38. The van der Waals surface area contributed by atoms with E-state index >= 15 is 0 Å². The summed E-state index contributed by atoms with van der Waals surface area (Å²) in [5.74, 6) is 0.745. The van der Waals surface area contributed by atoms with Crippen LogP contribution in [0.15, 0.2) is 18.2 Å². The number of benzene rings is 1. The molecule has 0 spiro atoms. The summed E-state index contributed by atoms with van der Waals surface area (Å²) in [6.45, 7) is 7.32. The van der Waals surface area contributed by atoms with E-state index in [1.807, 2.05) is 12.1 Å². The van der Waals surface area contributed by atoms with Gasteiger partial charge < -0.3 is 9.84 Å². The molecule has 0 aliphatic heterocycles. The largest absolute Gasteiger partial charge is 0.504 e. The third-order valence-electron chi connectivity index (χ3n) is 2.64. The molecule has 0 atom stereocenters. The average molecular weight is 223 g/mol. The number of phenols is 1. The minimum absolute atomic E-state index is 0.215. The Morgan fingerprint density at radius 1 is 1.31 bits per heavy atom. The second-order valence-electron chi connectivity index (χ2n) is 3.87. The van der Waals surface area contributed by atoms with Gasteiger partial charge in [-0.25, -0.2) is 0 Å². The number of rotatable bonds is 6. The van der Waals surface area contributed by atoms with Gasteiger partial charge in [-0.05, 0) is 37.2 Å². The highest BCUT2D eigenvalue weighted by Gasteiger charge is 2.06. The van der Waals surface area contributed by atoms with Crippen molar-refractivity contribution in [2.75, 3.05) is 20.2 Å². The predicted octanol–water partition coefficient (Wildman–Crippen LogP) is 2.63. The second-order valence-corrected chi connectivity index (χ2v) is 3.87. The molecule has 3 heteroatoms. The lowest BCUT2D eigenvalue weighted by Crippen LogP contribution is -2.23. The Balaban J connectivity index is 2.69. The van der Waals surface area contributed by atoms with Crippen LogP contribution in [0.3, 0.4) is 0 Å². The number of aromatic hydroxyl groups is 1. The van der Waals surface area contributed by atoms with Crippen molar-refractivity contribution in [3.63, 3.8) is 0 Å². The van der Waals surface area contributed by atoms with Crippen LogP contribution in [0, 0.1) is 0 Å². The van der Waals surface area contributed by atoms with Crippen LogP contribution in [0.4, 0.5) is 0 Å². The molecule has 1 N–H and O–H groups in total. The Bertz CT molecular complexity index is 326. The van der Waals surface area contributed by atoms with E-state index in [-0.39, 0.29) is 5.75 Å². The van der Waals surface area contributed by atoms with E-state index in [1.54, 1.807) is 13.2 Å². The minimum atomic E-state index is 0.215. The van der Waals surface area contributed by atoms with E-state index in [9.17, 15) is 5.11 Å². The molecule has 0 heterocycles. The number of ether oxygens (including phenoxy) is 1. The molecule has 0 radical (unpaired) electrons. The molecule has 0 aromatic heterocycles. The van der Waals surface area contributed by atoms with Crippen molar-refractivity contribution in [1.82, 2.24) is 4.90 Å². The highest BCUT2D eigenvalue weighted by atomic mass is 16.5. The van der Waals surface area contributed by atoms with Gasteiger partial charge in [-0.2, -0.15) is 0 Å². The Labute approximate surface area is 97.7 Å². The molecule has 0 aliphatic rings. The molecule has 90 valence electrons. The van der Waals surface area contributed by atoms with E-state index in [0.717, 1.165) is 31.6 Å². The first-order valence-electron chi connectivity index (χ1n) is 5.79. The van der Waals surface area contributed by atoms with Gasteiger partial charge in [-0.3, -0.25) is 4.90 Å². The molecule has 0 unspecified atom stereocenters. The standard InChI is InChI=1S/C13H21NO2/c1-4-8-14(5-2)10-11-6-7-13(16-3)12(15)9-11/h6-7,9,15H,4-5,8,10H2,1-3H3. The molecule has 1 rings (SSSR count). The summed E-state index contributed by atoms with van der Waals surface area (Å²) < 4.78 is 5.02. The van der Waals surface area contributed by atoms with Gasteiger partial charge >= 0.3 is 0 Å². The summed E-state index contributed by atoms with van der Waals surface area (Å²) in [5.41, 5.74) is 1.12. The lowest BCUT2D eigenvalue weighted by molar-refractivity contribution is 0.280. The normalized spacial score (nSPS) is 10.8. The Morgan fingerprint density at radius 3 is 2.56 bits per heavy atom. The Kier molecular flexibility index (Phi) is 5.12. The van der Waals surface area contributed by atoms with Crippen LogP contribution in [0.2, 0.25) is 0 Å². The summed E-state index contributed by atoms with van der Waals surface area (Å²) in [4.78, 5) is 2.35. The Morgan fingerprint density at radius 2 is 2.06 bits per heavy atom. The maximum absolute atomic E-state index is 9.66. The molecule has 1 aromatic rings. The first-order chi connectivity index (χ1) is 7.71. The number of hydrogen-bond donors (Lipinski definition) is 1. The Hall–Kier alpha value is -1.22. The fourth-order valence-electron chi connectivity index (χ4n) is 1.76. The van der Waals surface area contributed by atoms with Gasteiger partial charge in [-0.1, -0.05) is 19.9 Å². The van der Waals surface area contributed by atoms with Gasteiger partial charge in [-0.15, -0.1) is 0 Å². The number of phenolic OH excluding ortho intramolecular Hbond substituents is 1. The van der Waals surface area contributed by atoms with Crippen LogP contribution in [0.25, 0.3) is 0 Å². The number of hydrogen-bond acceptors (Lipinski definition) is 3. The van der Waals surface area contributed by atoms with Crippen LogP contribution in [-0.2, 0) is 6.54 Å².